The number of anilines is 1. The van der Waals surface area contributed by atoms with Crippen molar-refractivity contribution in [2.24, 2.45) is 7.05 Å². The molecule has 2 aromatic rings. The van der Waals surface area contributed by atoms with E-state index in [0.717, 1.165) is 0 Å². The molecule has 0 radical (unpaired) electrons. The molecule has 7 heteroatoms. The van der Waals surface area contributed by atoms with Crippen LogP contribution < -0.4 is 11.3 Å². The lowest BCUT2D eigenvalue weighted by molar-refractivity contribution is 0.0527. The zero-order valence-corrected chi connectivity index (χ0v) is 11.9. The molecular formula is C14H14N4O3. The third-order valence-electron chi connectivity index (χ3n) is 3.25. The minimum Gasteiger partial charge on any atom is -0.462 e. The molecular weight excluding hydrogens is 272 g/mol. The van der Waals surface area contributed by atoms with E-state index in [-0.39, 0.29) is 23.6 Å². The number of nitrogens with two attached hydrogens (primary N) is 1. The van der Waals surface area contributed by atoms with Gasteiger partial charge in [-0.1, -0.05) is 0 Å². The van der Waals surface area contributed by atoms with Crippen LogP contribution in [0, 0.1) is 18.3 Å². The average molecular weight is 286 g/mol. The van der Waals surface area contributed by atoms with E-state index in [4.69, 9.17) is 15.7 Å². The Bertz CT molecular complexity index is 846. The topological polar surface area (TPSA) is 111 Å². The summed E-state index contributed by atoms with van der Waals surface area (Å²) < 4.78 is 6.16. The summed E-state index contributed by atoms with van der Waals surface area (Å²) in [6.07, 6.45) is 0. The fourth-order valence-corrected chi connectivity index (χ4v) is 2.11. The number of nitrogens with zero attached hydrogens (tertiary/aromatic N) is 3. The van der Waals surface area contributed by atoms with Gasteiger partial charge in [-0.25, -0.2) is 9.78 Å². The molecule has 21 heavy (non-hydrogen) atoms. The number of ether oxygens (including phenoxy) is 1. The van der Waals surface area contributed by atoms with Crippen LogP contribution >= 0.6 is 0 Å². The van der Waals surface area contributed by atoms with Crippen molar-refractivity contribution in [3.05, 3.63) is 33.1 Å². The molecule has 0 unspecified atom stereocenters. The lowest BCUT2D eigenvalue weighted by atomic mass is 10.1. The Morgan fingerprint density at radius 2 is 2.24 bits per heavy atom. The normalized spacial score (nSPS) is 10.4. The number of hydrogen-bond donors (Lipinski definition) is 1. The fraction of sp³-hybridized carbons (Fsp3) is 0.286. The second-order valence-corrected chi connectivity index (χ2v) is 4.49. The zero-order chi connectivity index (χ0) is 15.7. The third kappa shape index (κ3) is 2.21. The summed E-state index contributed by atoms with van der Waals surface area (Å²) in [5.74, 6) is -0.601. The molecule has 2 aromatic heterocycles. The van der Waals surface area contributed by atoms with E-state index in [9.17, 15) is 9.59 Å². The first-order valence-corrected chi connectivity index (χ1v) is 6.29. The molecule has 0 fully saturated rings. The summed E-state index contributed by atoms with van der Waals surface area (Å²) in [6.45, 7) is 3.53. The van der Waals surface area contributed by atoms with Crippen molar-refractivity contribution in [3.63, 3.8) is 0 Å². The highest BCUT2D eigenvalue weighted by Gasteiger charge is 2.18. The molecule has 0 aliphatic carbocycles. The van der Waals surface area contributed by atoms with Crippen LogP contribution in [0.5, 0.6) is 0 Å². The van der Waals surface area contributed by atoms with Gasteiger partial charge >= 0.3 is 5.97 Å². The Hall–Kier alpha value is -2.88. The largest absolute Gasteiger partial charge is 0.462 e. The highest BCUT2D eigenvalue weighted by atomic mass is 16.5. The second-order valence-electron chi connectivity index (χ2n) is 4.49. The number of hydrogen-bond acceptors (Lipinski definition) is 6. The van der Waals surface area contributed by atoms with Gasteiger partial charge in [0.1, 0.15) is 28.7 Å². The molecule has 0 saturated carbocycles. The molecule has 2 N–H and O–H groups in total. The number of pyridine rings is 2. The van der Waals surface area contributed by atoms with E-state index in [1.54, 1.807) is 13.8 Å². The van der Waals surface area contributed by atoms with Crippen LogP contribution in [-0.4, -0.2) is 22.1 Å². The highest BCUT2D eigenvalue weighted by molar-refractivity contribution is 5.99. The number of nitriles is 1. The van der Waals surface area contributed by atoms with Crippen LogP contribution in [0.25, 0.3) is 11.0 Å². The lowest BCUT2D eigenvalue weighted by Crippen LogP contribution is -2.23. The first kappa shape index (κ1) is 14.5. The molecule has 0 saturated heterocycles. The second kappa shape index (κ2) is 5.25. The third-order valence-corrected chi connectivity index (χ3v) is 3.25. The van der Waals surface area contributed by atoms with E-state index in [1.807, 2.05) is 6.07 Å². The van der Waals surface area contributed by atoms with Crippen molar-refractivity contribution in [1.29, 1.82) is 5.26 Å². The number of carbonyl (C=O) groups is 1. The van der Waals surface area contributed by atoms with Gasteiger partial charge in [-0.2, -0.15) is 5.26 Å². The summed E-state index contributed by atoms with van der Waals surface area (Å²) in [6, 6.07) is 3.38. The van der Waals surface area contributed by atoms with Crippen LogP contribution in [-0.2, 0) is 11.8 Å². The minimum absolute atomic E-state index is 0.0138. The maximum atomic E-state index is 12.0. The monoisotopic (exact) mass is 286 g/mol. The van der Waals surface area contributed by atoms with Crippen LogP contribution in [0.1, 0.15) is 28.4 Å². The first-order valence-electron chi connectivity index (χ1n) is 6.29. The summed E-state index contributed by atoms with van der Waals surface area (Å²) in [5, 5.41) is 9.62. The summed E-state index contributed by atoms with van der Waals surface area (Å²) in [5.41, 5.74) is 6.25. The Kier molecular flexibility index (Phi) is 3.63. The molecule has 0 aliphatic heterocycles. The molecule has 108 valence electrons. The van der Waals surface area contributed by atoms with E-state index < -0.39 is 11.5 Å². The van der Waals surface area contributed by atoms with E-state index in [2.05, 4.69) is 4.98 Å². The number of fused-ring (bicyclic) bond motifs is 1. The van der Waals surface area contributed by atoms with Crippen molar-refractivity contribution in [2.45, 2.75) is 13.8 Å². The molecule has 2 heterocycles. The SMILES string of the molecule is CCOC(=O)c1cc2c(C)c(C#N)c(=O)n(C)c2nc1N. The zero-order valence-electron chi connectivity index (χ0n) is 11.9. The summed E-state index contributed by atoms with van der Waals surface area (Å²) in [4.78, 5) is 28.0. The van der Waals surface area contributed by atoms with Crippen molar-refractivity contribution < 1.29 is 9.53 Å². The van der Waals surface area contributed by atoms with Gasteiger partial charge in [-0.3, -0.25) is 9.36 Å². The molecule has 0 bridgehead atoms. The van der Waals surface area contributed by atoms with Crippen LogP contribution in [0.4, 0.5) is 5.82 Å². The maximum absolute atomic E-state index is 12.0. The Morgan fingerprint density at radius 1 is 1.57 bits per heavy atom. The van der Waals surface area contributed by atoms with Crippen LogP contribution in [0.15, 0.2) is 10.9 Å². The smallest absolute Gasteiger partial charge is 0.341 e. The number of nitrogen functional groups attached to an aromatic ring is 1. The summed E-state index contributed by atoms with van der Waals surface area (Å²) >= 11 is 0. The number of aryl methyl sites for hydroxylation is 2. The first-order chi connectivity index (χ1) is 9.92. The van der Waals surface area contributed by atoms with Gasteiger partial charge in [-0.05, 0) is 25.5 Å². The van der Waals surface area contributed by atoms with E-state index in [0.29, 0.717) is 16.6 Å². The van der Waals surface area contributed by atoms with E-state index >= 15 is 0 Å². The van der Waals surface area contributed by atoms with Gasteiger partial charge in [0.2, 0.25) is 0 Å². The lowest BCUT2D eigenvalue weighted by Gasteiger charge is -2.11. The molecule has 0 aromatic carbocycles. The predicted molar refractivity (Wildman–Crippen MR) is 76.8 cm³/mol. The van der Waals surface area contributed by atoms with E-state index in [1.165, 1.54) is 17.7 Å². The molecule has 7 nitrogen and oxygen atoms in total. The fourth-order valence-electron chi connectivity index (χ4n) is 2.11. The average Bonchev–Trinajstić information content (AvgIpc) is 2.45. The number of esters is 1. The highest BCUT2D eigenvalue weighted by Crippen LogP contribution is 2.22. The van der Waals surface area contributed by atoms with Crippen LogP contribution in [0.3, 0.4) is 0 Å². The Labute approximate surface area is 120 Å². The van der Waals surface area contributed by atoms with Gasteiger partial charge in [-0.15, -0.1) is 0 Å². The van der Waals surface area contributed by atoms with Gasteiger partial charge in [0.25, 0.3) is 5.56 Å². The molecule has 0 spiro atoms. The quantitative estimate of drug-likeness (QED) is 0.820. The van der Waals surface area contributed by atoms with Crippen molar-refractivity contribution in [3.8, 4) is 6.07 Å². The number of aromatic nitrogens is 2. The van der Waals surface area contributed by atoms with Crippen molar-refractivity contribution in [1.82, 2.24) is 9.55 Å². The molecule has 0 aliphatic rings. The van der Waals surface area contributed by atoms with Gasteiger partial charge in [0, 0.05) is 12.4 Å². The van der Waals surface area contributed by atoms with Crippen LogP contribution in [0.2, 0.25) is 0 Å². The van der Waals surface area contributed by atoms with Crippen molar-refractivity contribution in [2.75, 3.05) is 12.3 Å². The van der Waals surface area contributed by atoms with Gasteiger partial charge in [0.05, 0.1) is 6.61 Å². The minimum atomic E-state index is -0.587. The van der Waals surface area contributed by atoms with Gasteiger partial charge < -0.3 is 10.5 Å². The standard InChI is InChI=1S/C14H14N4O3/c1-4-21-14(20)9-5-8-7(2)10(6-15)13(19)18(3)12(8)17-11(9)16/h5H,4H2,1-3H3,(H2,16,17). The maximum Gasteiger partial charge on any atom is 0.341 e. The molecule has 2 rings (SSSR count). The Balaban J connectivity index is 2.88. The summed E-state index contributed by atoms with van der Waals surface area (Å²) in [7, 11) is 1.50. The molecule has 0 amide bonds. The Morgan fingerprint density at radius 3 is 2.81 bits per heavy atom. The number of rotatable bonds is 2. The number of carbonyl (C=O) groups excluding carboxylic acids is 1. The van der Waals surface area contributed by atoms with Crippen molar-refractivity contribution >= 4 is 22.8 Å². The molecule has 0 atom stereocenters. The predicted octanol–water partition coefficient (Wildman–Crippen LogP) is 0.873. The van der Waals surface area contributed by atoms with Gasteiger partial charge in [0.15, 0.2) is 0 Å².